The third kappa shape index (κ3) is 6.23. The smallest absolute Gasteiger partial charge is 0.285 e. The number of rotatable bonds is 6. The molecule has 0 aliphatic carbocycles. The van der Waals surface area contributed by atoms with Gasteiger partial charge in [0.05, 0.1) is 0 Å². The number of carbonyl (C=O) groups is 2. The fourth-order valence-electron chi connectivity index (χ4n) is 2.35. The standard InChI is InChI=1S/C21H26N2O2S/c1-15(2)17-8-5-16(6-9-17)7-14-20(24)22-18-10-12-19(13-11-18)26-21(25)23(3)4/h5-6,8-13,15H,7,14H2,1-4H3,(H,22,24). The van der Waals surface area contributed by atoms with Crippen LogP contribution in [0, 0.1) is 0 Å². The number of nitrogens with one attached hydrogen (secondary N) is 1. The summed E-state index contributed by atoms with van der Waals surface area (Å²) in [5.41, 5.74) is 3.22. The fraction of sp³-hybridized carbons (Fsp3) is 0.333. The first-order chi connectivity index (χ1) is 12.3. The van der Waals surface area contributed by atoms with E-state index in [0.717, 1.165) is 28.8 Å². The Balaban J connectivity index is 1.82. The van der Waals surface area contributed by atoms with Crippen LogP contribution in [-0.4, -0.2) is 30.1 Å². The van der Waals surface area contributed by atoms with Crippen molar-refractivity contribution in [1.29, 1.82) is 0 Å². The Bertz CT molecular complexity index is 738. The molecule has 0 fully saturated rings. The molecule has 0 spiro atoms. The van der Waals surface area contributed by atoms with Gasteiger partial charge in [-0.05, 0) is 59.5 Å². The van der Waals surface area contributed by atoms with Gasteiger partial charge in [0.2, 0.25) is 5.91 Å². The van der Waals surface area contributed by atoms with Crippen LogP contribution in [0.5, 0.6) is 0 Å². The number of nitrogens with zero attached hydrogens (tertiary/aromatic N) is 1. The van der Waals surface area contributed by atoms with Gasteiger partial charge in [-0.1, -0.05) is 38.1 Å². The zero-order chi connectivity index (χ0) is 19.1. The second kappa shape index (κ2) is 9.43. The van der Waals surface area contributed by atoms with Crippen LogP contribution in [0.4, 0.5) is 10.5 Å². The lowest BCUT2D eigenvalue weighted by Gasteiger charge is -2.10. The minimum absolute atomic E-state index is 0.0114. The summed E-state index contributed by atoms with van der Waals surface area (Å²) in [6, 6.07) is 15.8. The molecule has 1 N–H and O–H groups in total. The van der Waals surface area contributed by atoms with E-state index in [9.17, 15) is 9.59 Å². The maximum Gasteiger partial charge on any atom is 0.285 e. The van der Waals surface area contributed by atoms with Crippen molar-refractivity contribution in [3.8, 4) is 0 Å². The first-order valence-corrected chi connectivity index (χ1v) is 9.54. The average Bonchev–Trinajstić information content (AvgIpc) is 2.62. The lowest BCUT2D eigenvalue weighted by atomic mass is 10.0. The summed E-state index contributed by atoms with van der Waals surface area (Å²) in [6.45, 7) is 4.34. The van der Waals surface area contributed by atoms with Gasteiger partial charge in [0.1, 0.15) is 0 Å². The fourth-order valence-corrected chi connectivity index (χ4v) is 3.01. The molecule has 0 aliphatic rings. The van der Waals surface area contributed by atoms with E-state index in [2.05, 4.69) is 43.4 Å². The van der Waals surface area contributed by atoms with Crippen molar-refractivity contribution in [3.05, 3.63) is 59.7 Å². The first kappa shape index (κ1) is 20.0. The number of hydrogen-bond acceptors (Lipinski definition) is 3. The summed E-state index contributed by atoms with van der Waals surface area (Å²) in [5, 5.41) is 2.88. The molecule has 5 heteroatoms. The van der Waals surface area contributed by atoms with Crippen molar-refractivity contribution in [3.63, 3.8) is 0 Å². The molecule has 0 saturated carbocycles. The summed E-state index contributed by atoms with van der Waals surface area (Å²) in [5.74, 6) is 0.504. The highest BCUT2D eigenvalue weighted by molar-refractivity contribution is 8.13. The van der Waals surface area contributed by atoms with Gasteiger partial charge >= 0.3 is 0 Å². The predicted octanol–water partition coefficient (Wildman–Crippen LogP) is 5.16. The number of thioether (sulfide) groups is 1. The van der Waals surface area contributed by atoms with Crippen LogP contribution in [0.25, 0.3) is 0 Å². The summed E-state index contributed by atoms with van der Waals surface area (Å²) in [6.07, 6.45) is 1.16. The largest absolute Gasteiger partial charge is 0.339 e. The van der Waals surface area contributed by atoms with Gasteiger partial charge < -0.3 is 10.2 Å². The lowest BCUT2D eigenvalue weighted by molar-refractivity contribution is -0.116. The Morgan fingerprint density at radius 2 is 1.62 bits per heavy atom. The molecule has 26 heavy (non-hydrogen) atoms. The van der Waals surface area contributed by atoms with E-state index < -0.39 is 0 Å². The first-order valence-electron chi connectivity index (χ1n) is 8.73. The number of anilines is 1. The van der Waals surface area contributed by atoms with Gasteiger partial charge in [-0.15, -0.1) is 0 Å². The number of aryl methyl sites for hydroxylation is 1. The predicted molar refractivity (Wildman–Crippen MR) is 109 cm³/mol. The second-order valence-electron chi connectivity index (χ2n) is 6.73. The summed E-state index contributed by atoms with van der Waals surface area (Å²) < 4.78 is 0. The van der Waals surface area contributed by atoms with Crippen molar-refractivity contribution >= 4 is 28.6 Å². The van der Waals surface area contributed by atoms with E-state index in [-0.39, 0.29) is 11.1 Å². The molecule has 0 heterocycles. The number of amides is 2. The zero-order valence-corrected chi connectivity index (χ0v) is 16.6. The minimum atomic E-state index is -0.0229. The van der Waals surface area contributed by atoms with Crippen LogP contribution in [0.15, 0.2) is 53.4 Å². The van der Waals surface area contributed by atoms with Gasteiger partial charge in [0, 0.05) is 31.1 Å². The lowest BCUT2D eigenvalue weighted by Crippen LogP contribution is -2.16. The molecule has 0 aliphatic heterocycles. The Kier molecular flexibility index (Phi) is 7.27. The highest BCUT2D eigenvalue weighted by Gasteiger charge is 2.08. The van der Waals surface area contributed by atoms with Gasteiger partial charge in [0.25, 0.3) is 5.24 Å². The maximum absolute atomic E-state index is 12.1. The Labute approximate surface area is 160 Å². The van der Waals surface area contributed by atoms with Crippen LogP contribution in [0.1, 0.15) is 37.3 Å². The minimum Gasteiger partial charge on any atom is -0.339 e. The molecule has 2 rings (SSSR count). The van der Waals surface area contributed by atoms with Crippen molar-refractivity contribution in [2.24, 2.45) is 0 Å². The van der Waals surface area contributed by atoms with Crippen LogP contribution in [0.2, 0.25) is 0 Å². The SMILES string of the molecule is CC(C)c1ccc(CCC(=O)Nc2ccc(SC(=O)N(C)C)cc2)cc1. The highest BCUT2D eigenvalue weighted by Crippen LogP contribution is 2.22. The quantitative estimate of drug-likeness (QED) is 0.715. The summed E-state index contributed by atoms with van der Waals surface area (Å²) in [7, 11) is 3.45. The van der Waals surface area contributed by atoms with Crippen molar-refractivity contribution in [2.75, 3.05) is 19.4 Å². The Hall–Kier alpha value is -2.27. The van der Waals surface area contributed by atoms with Gasteiger partial charge in [0.15, 0.2) is 0 Å². The number of carbonyl (C=O) groups excluding carboxylic acids is 2. The van der Waals surface area contributed by atoms with Crippen LogP contribution in [-0.2, 0) is 11.2 Å². The second-order valence-corrected chi connectivity index (χ2v) is 7.76. The molecule has 0 atom stereocenters. The molecule has 0 saturated heterocycles. The molecule has 0 aromatic heterocycles. The molecular formula is C21H26N2O2S. The Morgan fingerprint density at radius 3 is 2.15 bits per heavy atom. The molecule has 2 aromatic carbocycles. The number of hydrogen-bond donors (Lipinski definition) is 1. The zero-order valence-electron chi connectivity index (χ0n) is 15.8. The van der Waals surface area contributed by atoms with Gasteiger partial charge in [-0.3, -0.25) is 9.59 Å². The summed E-state index contributed by atoms with van der Waals surface area (Å²) >= 11 is 1.16. The third-order valence-corrected chi connectivity index (χ3v) is 5.04. The Morgan fingerprint density at radius 1 is 1.00 bits per heavy atom. The maximum atomic E-state index is 12.1. The molecule has 0 unspecified atom stereocenters. The van der Waals surface area contributed by atoms with Gasteiger partial charge in [-0.25, -0.2) is 0 Å². The monoisotopic (exact) mass is 370 g/mol. The average molecular weight is 371 g/mol. The molecule has 4 nitrogen and oxygen atoms in total. The van der Waals surface area contributed by atoms with Crippen LogP contribution >= 0.6 is 11.8 Å². The molecule has 0 radical (unpaired) electrons. The molecular weight excluding hydrogens is 344 g/mol. The summed E-state index contributed by atoms with van der Waals surface area (Å²) in [4.78, 5) is 26.2. The van der Waals surface area contributed by atoms with Crippen molar-refractivity contribution < 1.29 is 9.59 Å². The van der Waals surface area contributed by atoms with E-state index in [1.54, 1.807) is 14.1 Å². The number of benzene rings is 2. The molecule has 2 amide bonds. The highest BCUT2D eigenvalue weighted by atomic mass is 32.2. The third-order valence-electron chi connectivity index (χ3n) is 4.00. The molecule has 138 valence electrons. The molecule has 0 bridgehead atoms. The van der Waals surface area contributed by atoms with E-state index in [1.807, 2.05) is 24.3 Å². The van der Waals surface area contributed by atoms with Crippen LogP contribution in [0.3, 0.4) is 0 Å². The van der Waals surface area contributed by atoms with E-state index >= 15 is 0 Å². The van der Waals surface area contributed by atoms with E-state index in [4.69, 9.17) is 0 Å². The van der Waals surface area contributed by atoms with E-state index in [1.165, 1.54) is 16.0 Å². The normalized spacial score (nSPS) is 10.7. The van der Waals surface area contributed by atoms with E-state index in [0.29, 0.717) is 12.3 Å². The molecule has 2 aromatic rings. The topological polar surface area (TPSA) is 49.4 Å². The van der Waals surface area contributed by atoms with Gasteiger partial charge in [-0.2, -0.15) is 0 Å². The van der Waals surface area contributed by atoms with Crippen molar-refractivity contribution in [2.45, 2.75) is 37.5 Å². The van der Waals surface area contributed by atoms with Crippen molar-refractivity contribution in [1.82, 2.24) is 4.90 Å². The van der Waals surface area contributed by atoms with Crippen LogP contribution < -0.4 is 5.32 Å².